The van der Waals surface area contributed by atoms with Crippen molar-refractivity contribution in [1.82, 2.24) is 4.90 Å². The van der Waals surface area contributed by atoms with E-state index in [4.69, 9.17) is 0 Å². The average Bonchev–Trinajstić information content (AvgIpc) is 2.57. The van der Waals surface area contributed by atoms with E-state index >= 15 is 0 Å². The Labute approximate surface area is 148 Å². The van der Waals surface area contributed by atoms with Gasteiger partial charge in [0.05, 0.1) is 0 Å². The molecule has 1 aromatic carbocycles. The highest BCUT2D eigenvalue weighted by atomic mass is 15.2. The fraction of sp³-hybridized carbons (Fsp3) is 0.565. The topological polar surface area (TPSA) is 3.24 Å². The number of hydrogen-bond donors (Lipinski definition) is 0. The maximum atomic E-state index is 2.82. The largest absolute Gasteiger partial charge is 0.285 e. The van der Waals surface area contributed by atoms with Gasteiger partial charge in [-0.2, -0.15) is 0 Å². The van der Waals surface area contributed by atoms with E-state index in [2.05, 4.69) is 69.9 Å². The maximum Gasteiger partial charge on any atom is 0.0382 e. The summed E-state index contributed by atoms with van der Waals surface area (Å²) in [5.41, 5.74) is 7.91. The predicted octanol–water partition coefficient (Wildman–Crippen LogP) is 6.12. The molecule has 3 rings (SSSR count). The van der Waals surface area contributed by atoms with Crippen LogP contribution in [0, 0.1) is 5.92 Å². The van der Waals surface area contributed by atoms with Crippen molar-refractivity contribution in [1.29, 1.82) is 0 Å². The van der Waals surface area contributed by atoms with Crippen LogP contribution in [0.2, 0.25) is 0 Å². The number of fused-ring (bicyclic) bond motifs is 1. The van der Waals surface area contributed by atoms with Gasteiger partial charge in [0.25, 0.3) is 0 Å². The van der Waals surface area contributed by atoms with Gasteiger partial charge < -0.3 is 0 Å². The Morgan fingerprint density at radius 1 is 1.12 bits per heavy atom. The lowest BCUT2D eigenvalue weighted by Gasteiger charge is -2.49. The standard InChI is InChI=1S/C23H33N/c1-16(2)22-18(5)20-13-9-10-14-21(20)24(23(22)17(3)4)15-19-11-7-6-8-12-19/h6-8,11-12,17,21,23H,9-10,13-15H2,1-5H3/t21-,23+/m1/s1. The number of allylic oxidation sites excluding steroid dienone is 1. The molecule has 24 heavy (non-hydrogen) atoms. The van der Waals surface area contributed by atoms with Gasteiger partial charge in [0.2, 0.25) is 0 Å². The molecule has 0 amide bonds. The van der Waals surface area contributed by atoms with Crippen LogP contribution in [0.4, 0.5) is 0 Å². The van der Waals surface area contributed by atoms with Crippen LogP contribution in [0.1, 0.15) is 65.9 Å². The molecule has 1 aromatic rings. The van der Waals surface area contributed by atoms with Crippen molar-refractivity contribution in [3.8, 4) is 0 Å². The summed E-state index contributed by atoms with van der Waals surface area (Å²) in [5, 5.41) is 0. The fourth-order valence-corrected chi connectivity index (χ4v) is 4.94. The molecule has 1 fully saturated rings. The zero-order chi connectivity index (χ0) is 17.3. The summed E-state index contributed by atoms with van der Waals surface area (Å²) in [5.74, 6) is 0.636. The van der Waals surface area contributed by atoms with Crippen molar-refractivity contribution in [2.45, 2.75) is 78.9 Å². The summed E-state index contributed by atoms with van der Waals surface area (Å²) in [7, 11) is 0. The molecule has 2 aliphatic rings. The van der Waals surface area contributed by atoms with Crippen LogP contribution in [0.25, 0.3) is 0 Å². The molecule has 0 radical (unpaired) electrons. The first kappa shape index (κ1) is 17.5. The fourth-order valence-electron chi connectivity index (χ4n) is 4.94. The Morgan fingerprint density at radius 2 is 1.83 bits per heavy atom. The molecule has 0 spiro atoms. The summed E-state index contributed by atoms with van der Waals surface area (Å²) in [6.07, 6.45) is 5.37. The molecule has 1 nitrogen and oxygen atoms in total. The van der Waals surface area contributed by atoms with E-state index in [1.54, 1.807) is 16.7 Å². The molecule has 0 aromatic heterocycles. The highest BCUT2D eigenvalue weighted by Gasteiger charge is 2.40. The second-order valence-electron chi connectivity index (χ2n) is 8.17. The van der Waals surface area contributed by atoms with Crippen LogP contribution in [0.5, 0.6) is 0 Å². The summed E-state index contributed by atoms with van der Waals surface area (Å²) in [4.78, 5) is 2.82. The predicted molar refractivity (Wildman–Crippen MR) is 104 cm³/mol. The molecule has 1 aliphatic carbocycles. The van der Waals surface area contributed by atoms with Gasteiger partial charge in [-0.25, -0.2) is 0 Å². The molecule has 1 aliphatic heterocycles. The quantitative estimate of drug-likeness (QED) is 0.647. The lowest BCUT2D eigenvalue weighted by Crippen LogP contribution is -2.51. The maximum absolute atomic E-state index is 2.82. The first-order valence-corrected chi connectivity index (χ1v) is 9.67. The van der Waals surface area contributed by atoms with Crippen LogP contribution in [-0.4, -0.2) is 17.0 Å². The highest BCUT2D eigenvalue weighted by Crippen LogP contribution is 2.43. The number of benzene rings is 1. The van der Waals surface area contributed by atoms with Gasteiger partial charge in [-0.3, -0.25) is 4.90 Å². The van der Waals surface area contributed by atoms with E-state index in [0.717, 1.165) is 6.54 Å². The molecule has 1 heteroatoms. The van der Waals surface area contributed by atoms with E-state index in [1.807, 2.05) is 0 Å². The van der Waals surface area contributed by atoms with E-state index in [-0.39, 0.29) is 0 Å². The van der Waals surface area contributed by atoms with Crippen LogP contribution < -0.4 is 0 Å². The van der Waals surface area contributed by atoms with Crippen molar-refractivity contribution in [3.05, 3.63) is 58.2 Å². The summed E-state index contributed by atoms with van der Waals surface area (Å²) >= 11 is 0. The van der Waals surface area contributed by atoms with Crippen molar-refractivity contribution < 1.29 is 0 Å². The Hall–Kier alpha value is -1.34. The minimum Gasteiger partial charge on any atom is -0.285 e. The molecule has 1 heterocycles. The second-order valence-corrected chi connectivity index (χ2v) is 8.17. The zero-order valence-corrected chi connectivity index (χ0v) is 16.1. The van der Waals surface area contributed by atoms with E-state index < -0.39 is 0 Å². The normalized spacial score (nSPS) is 25.2. The molecular weight excluding hydrogens is 290 g/mol. The molecule has 0 bridgehead atoms. The molecular formula is C23H33N. The lowest BCUT2D eigenvalue weighted by molar-refractivity contribution is 0.107. The van der Waals surface area contributed by atoms with Gasteiger partial charge in [0.1, 0.15) is 0 Å². The molecule has 1 saturated carbocycles. The Kier molecular flexibility index (Phi) is 5.30. The van der Waals surface area contributed by atoms with E-state index in [1.165, 1.54) is 36.8 Å². The van der Waals surface area contributed by atoms with E-state index in [9.17, 15) is 0 Å². The summed E-state index contributed by atoms with van der Waals surface area (Å²) in [6, 6.07) is 12.2. The molecule has 0 unspecified atom stereocenters. The summed E-state index contributed by atoms with van der Waals surface area (Å²) in [6.45, 7) is 12.9. The molecule has 0 saturated heterocycles. The monoisotopic (exact) mass is 323 g/mol. The third-order valence-corrected chi connectivity index (χ3v) is 5.89. The van der Waals surface area contributed by atoms with E-state index in [0.29, 0.717) is 18.0 Å². The number of rotatable bonds is 3. The van der Waals surface area contributed by atoms with Crippen LogP contribution in [0.3, 0.4) is 0 Å². The Bertz CT molecular complexity index is 631. The minimum atomic E-state index is 0.544. The Morgan fingerprint density at radius 3 is 2.46 bits per heavy atom. The van der Waals surface area contributed by atoms with Crippen molar-refractivity contribution in [2.75, 3.05) is 0 Å². The first-order valence-electron chi connectivity index (χ1n) is 9.67. The minimum absolute atomic E-state index is 0.544. The lowest BCUT2D eigenvalue weighted by atomic mass is 9.74. The highest BCUT2D eigenvalue weighted by molar-refractivity contribution is 5.46. The second kappa shape index (κ2) is 7.27. The van der Waals surface area contributed by atoms with Crippen molar-refractivity contribution in [2.24, 2.45) is 5.92 Å². The average molecular weight is 324 g/mol. The molecule has 2 atom stereocenters. The van der Waals surface area contributed by atoms with Gasteiger partial charge in [-0.1, -0.05) is 56.2 Å². The molecule has 130 valence electrons. The first-order chi connectivity index (χ1) is 11.5. The smallest absolute Gasteiger partial charge is 0.0382 e. The zero-order valence-electron chi connectivity index (χ0n) is 16.1. The van der Waals surface area contributed by atoms with Gasteiger partial charge in [0, 0.05) is 18.6 Å². The van der Waals surface area contributed by atoms with Gasteiger partial charge >= 0.3 is 0 Å². The third-order valence-electron chi connectivity index (χ3n) is 5.89. The van der Waals surface area contributed by atoms with Crippen LogP contribution in [-0.2, 0) is 6.54 Å². The number of hydrogen-bond acceptors (Lipinski definition) is 1. The van der Waals surface area contributed by atoms with Gasteiger partial charge in [0.15, 0.2) is 0 Å². The van der Waals surface area contributed by atoms with Crippen molar-refractivity contribution in [3.63, 3.8) is 0 Å². The third kappa shape index (κ3) is 3.24. The summed E-state index contributed by atoms with van der Waals surface area (Å²) < 4.78 is 0. The van der Waals surface area contributed by atoms with Crippen molar-refractivity contribution >= 4 is 0 Å². The van der Waals surface area contributed by atoms with Gasteiger partial charge in [-0.05, 0) is 68.2 Å². The van der Waals surface area contributed by atoms with Crippen LogP contribution in [0.15, 0.2) is 52.6 Å². The Balaban J connectivity index is 2.07. The SMILES string of the molecule is CC(C)=C1C(C)=C2CCCC[C@H]2N(Cc2ccccc2)[C@H]1C(C)C. The number of nitrogens with zero attached hydrogens (tertiary/aromatic N) is 1. The van der Waals surface area contributed by atoms with Crippen LogP contribution >= 0.6 is 0 Å². The van der Waals surface area contributed by atoms with Gasteiger partial charge in [-0.15, -0.1) is 0 Å². The molecule has 0 N–H and O–H groups in total.